The zero-order chi connectivity index (χ0) is 22.4. The van der Waals surface area contributed by atoms with Crippen LogP contribution in [-0.4, -0.2) is 5.91 Å². The summed E-state index contributed by atoms with van der Waals surface area (Å²) in [6.45, 7) is 4.27. The standard InChI is InChI=1S/C25H20BrClN2O2/c1-16-4-3-5-23(17(16)2)29-25(30)20(14-28)12-19-8-11-24(22(27)13-19)31-15-18-6-9-21(26)10-7-18/h3-13H,15H2,1-2H3,(H,29,30)/b20-12+. The summed E-state index contributed by atoms with van der Waals surface area (Å²) in [5.41, 5.74) is 4.34. The first-order chi connectivity index (χ1) is 14.9. The molecule has 0 aliphatic carbocycles. The second-order valence-electron chi connectivity index (χ2n) is 6.98. The Morgan fingerprint density at radius 3 is 2.58 bits per heavy atom. The second-order valence-corrected chi connectivity index (χ2v) is 8.30. The van der Waals surface area contributed by atoms with Gasteiger partial charge in [-0.1, -0.05) is 57.9 Å². The van der Waals surface area contributed by atoms with Crippen LogP contribution in [0.5, 0.6) is 5.75 Å². The molecule has 0 unspecified atom stereocenters. The molecular weight excluding hydrogens is 476 g/mol. The van der Waals surface area contributed by atoms with E-state index in [1.54, 1.807) is 18.2 Å². The van der Waals surface area contributed by atoms with E-state index in [-0.39, 0.29) is 5.57 Å². The molecule has 0 bridgehead atoms. The largest absolute Gasteiger partial charge is 0.487 e. The van der Waals surface area contributed by atoms with Crippen molar-refractivity contribution < 1.29 is 9.53 Å². The lowest BCUT2D eigenvalue weighted by Gasteiger charge is -2.10. The number of hydrogen-bond acceptors (Lipinski definition) is 3. The van der Waals surface area contributed by atoms with Crippen LogP contribution < -0.4 is 10.1 Å². The molecule has 4 nitrogen and oxygen atoms in total. The predicted molar refractivity (Wildman–Crippen MR) is 128 cm³/mol. The fourth-order valence-electron chi connectivity index (χ4n) is 2.86. The number of rotatable bonds is 6. The number of aryl methyl sites for hydroxylation is 1. The van der Waals surface area contributed by atoms with Gasteiger partial charge in [-0.05, 0) is 72.5 Å². The van der Waals surface area contributed by atoms with E-state index in [2.05, 4.69) is 21.2 Å². The molecule has 6 heteroatoms. The summed E-state index contributed by atoms with van der Waals surface area (Å²) in [6.07, 6.45) is 1.50. The summed E-state index contributed by atoms with van der Waals surface area (Å²) < 4.78 is 6.79. The maximum Gasteiger partial charge on any atom is 0.266 e. The van der Waals surface area contributed by atoms with Crippen molar-refractivity contribution in [3.05, 3.63) is 98.0 Å². The lowest BCUT2D eigenvalue weighted by atomic mass is 10.1. The molecule has 0 saturated carbocycles. The Morgan fingerprint density at radius 2 is 1.90 bits per heavy atom. The van der Waals surface area contributed by atoms with Crippen LogP contribution in [0.1, 0.15) is 22.3 Å². The van der Waals surface area contributed by atoms with Crippen LogP contribution in [0.2, 0.25) is 5.02 Å². The van der Waals surface area contributed by atoms with Crippen molar-refractivity contribution in [3.63, 3.8) is 0 Å². The van der Waals surface area contributed by atoms with Gasteiger partial charge >= 0.3 is 0 Å². The Kier molecular flexibility index (Phi) is 7.51. The van der Waals surface area contributed by atoms with Crippen LogP contribution in [0.15, 0.2) is 70.7 Å². The first kappa shape index (κ1) is 22.6. The number of nitriles is 1. The van der Waals surface area contributed by atoms with E-state index < -0.39 is 5.91 Å². The Bertz CT molecular complexity index is 1180. The van der Waals surface area contributed by atoms with Crippen LogP contribution >= 0.6 is 27.5 Å². The Balaban J connectivity index is 1.72. The Labute approximate surface area is 195 Å². The normalized spacial score (nSPS) is 11.0. The highest BCUT2D eigenvalue weighted by Gasteiger charge is 2.12. The van der Waals surface area contributed by atoms with Gasteiger partial charge in [-0.3, -0.25) is 4.79 Å². The van der Waals surface area contributed by atoms with Crippen LogP contribution in [0.4, 0.5) is 5.69 Å². The van der Waals surface area contributed by atoms with E-state index >= 15 is 0 Å². The molecule has 0 saturated heterocycles. The highest BCUT2D eigenvalue weighted by atomic mass is 79.9. The van der Waals surface area contributed by atoms with Gasteiger partial charge in [0.15, 0.2) is 0 Å². The van der Waals surface area contributed by atoms with Gasteiger partial charge in [0, 0.05) is 10.2 Å². The van der Waals surface area contributed by atoms with Gasteiger partial charge in [0.1, 0.15) is 24.0 Å². The molecule has 0 aromatic heterocycles. The lowest BCUT2D eigenvalue weighted by Crippen LogP contribution is -2.14. The maximum absolute atomic E-state index is 12.6. The van der Waals surface area contributed by atoms with Crippen molar-refractivity contribution in [2.24, 2.45) is 0 Å². The van der Waals surface area contributed by atoms with Crippen molar-refractivity contribution in [2.45, 2.75) is 20.5 Å². The molecule has 3 aromatic carbocycles. The minimum atomic E-state index is -0.470. The lowest BCUT2D eigenvalue weighted by molar-refractivity contribution is -0.112. The smallest absolute Gasteiger partial charge is 0.266 e. The topological polar surface area (TPSA) is 62.1 Å². The third kappa shape index (κ3) is 5.97. The Hall–Kier alpha value is -3.07. The van der Waals surface area contributed by atoms with Crippen LogP contribution in [0.3, 0.4) is 0 Å². The van der Waals surface area contributed by atoms with Crippen molar-refractivity contribution >= 4 is 45.2 Å². The van der Waals surface area contributed by atoms with Crippen molar-refractivity contribution in [3.8, 4) is 11.8 Å². The zero-order valence-electron chi connectivity index (χ0n) is 17.1. The first-order valence-corrected chi connectivity index (χ1v) is 10.7. The molecule has 0 fully saturated rings. The Morgan fingerprint density at radius 1 is 1.16 bits per heavy atom. The SMILES string of the molecule is Cc1cccc(NC(=O)/C(C#N)=C/c2ccc(OCc3ccc(Br)cc3)c(Cl)c2)c1C. The van der Waals surface area contributed by atoms with Gasteiger partial charge in [-0.2, -0.15) is 5.26 Å². The third-order valence-electron chi connectivity index (χ3n) is 4.79. The number of anilines is 1. The maximum atomic E-state index is 12.6. The van der Waals surface area contributed by atoms with E-state index in [0.29, 0.717) is 28.6 Å². The number of carbonyl (C=O) groups is 1. The summed E-state index contributed by atoms with van der Waals surface area (Å²) >= 11 is 9.75. The zero-order valence-corrected chi connectivity index (χ0v) is 19.4. The predicted octanol–water partition coefficient (Wildman–Crippen LogP) is 6.84. The van der Waals surface area contributed by atoms with Gasteiger partial charge < -0.3 is 10.1 Å². The van der Waals surface area contributed by atoms with Crippen molar-refractivity contribution in [1.82, 2.24) is 0 Å². The van der Waals surface area contributed by atoms with E-state index in [1.165, 1.54) is 6.08 Å². The highest BCUT2D eigenvalue weighted by molar-refractivity contribution is 9.10. The summed E-state index contributed by atoms with van der Waals surface area (Å²) in [6, 6.07) is 20.6. The molecule has 3 rings (SSSR count). The van der Waals surface area contributed by atoms with Gasteiger partial charge in [0.25, 0.3) is 5.91 Å². The van der Waals surface area contributed by atoms with Crippen molar-refractivity contribution in [1.29, 1.82) is 5.26 Å². The summed E-state index contributed by atoms with van der Waals surface area (Å²) in [5.74, 6) is 0.0583. The molecule has 0 atom stereocenters. The number of ether oxygens (including phenoxy) is 1. The molecule has 156 valence electrons. The summed E-state index contributed by atoms with van der Waals surface area (Å²) in [5, 5.41) is 12.7. The molecule has 0 aliphatic rings. The molecule has 0 aliphatic heterocycles. The number of hydrogen-bond donors (Lipinski definition) is 1. The number of carbonyl (C=O) groups excluding carboxylic acids is 1. The van der Waals surface area contributed by atoms with Crippen molar-refractivity contribution in [2.75, 3.05) is 5.32 Å². The minimum absolute atomic E-state index is 0.0134. The van der Waals surface area contributed by atoms with E-state index in [4.69, 9.17) is 16.3 Å². The molecule has 1 N–H and O–H groups in total. The fraction of sp³-hybridized carbons (Fsp3) is 0.120. The number of amides is 1. The fourth-order valence-corrected chi connectivity index (χ4v) is 3.36. The van der Waals surface area contributed by atoms with Gasteiger partial charge in [0.2, 0.25) is 0 Å². The van der Waals surface area contributed by atoms with E-state index in [1.807, 2.05) is 62.4 Å². The first-order valence-electron chi connectivity index (χ1n) is 9.53. The number of benzene rings is 3. The molecule has 3 aromatic rings. The van der Waals surface area contributed by atoms with Crippen LogP contribution in [0, 0.1) is 25.2 Å². The minimum Gasteiger partial charge on any atom is -0.487 e. The summed E-state index contributed by atoms with van der Waals surface area (Å²) in [7, 11) is 0. The van der Waals surface area contributed by atoms with Crippen LogP contribution in [-0.2, 0) is 11.4 Å². The van der Waals surface area contributed by atoms with E-state index in [9.17, 15) is 10.1 Å². The average Bonchev–Trinajstić information content (AvgIpc) is 2.75. The van der Waals surface area contributed by atoms with Crippen LogP contribution in [0.25, 0.3) is 6.08 Å². The monoisotopic (exact) mass is 494 g/mol. The molecule has 31 heavy (non-hydrogen) atoms. The molecule has 0 spiro atoms. The number of nitrogens with one attached hydrogen (secondary N) is 1. The van der Waals surface area contributed by atoms with Gasteiger partial charge in [-0.25, -0.2) is 0 Å². The molecule has 0 radical (unpaired) electrons. The quantitative estimate of drug-likeness (QED) is 0.301. The highest BCUT2D eigenvalue weighted by Crippen LogP contribution is 2.28. The number of halogens is 2. The van der Waals surface area contributed by atoms with Gasteiger partial charge in [0.05, 0.1) is 5.02 Å². The summed E-state index contributed by atoms with van der Waals surface area (Å²) in [4.78, 5) is 12.6. The van der Waals surface area contributed by atoms with E-state index in [0.717, 1.165) is 21.2 Å². The van der Waals surface area contributed by atoms with Gasteiger partial charge in [-0.15, -0.1) is 0 Å². The number of nitrogens with zero attached hydrogens (tertiary/aromatic N) is 1. The third-order valence-corrected chi connectivity index (χ3v) is 5.62. The molecule has 1 amide bonds. The molecule has 0 heterocycles. The average molecular weight is 496 g/mol. The molecular formula is C25H20BrClN2O2. The second kappa shape index (κ2) is 10.3.